The maximum absolute atomic E-state index is 15.1. The lowest BCUT2D eigenvalue weighted by Crippen LogP contribution is -2.18. The Morgan fingerprint density at radius 1 is 1.10 bits per heavy atom. The van der Waals surface area contributed by atoms with Crippen molar-refractivity contribution < 1.29 is 28.1 Å². The van der Waals surface area contributed by atoms with Crippen molar-refractivity contribution in [3.8, 4) is 28.7 Å². The number of aromatic nitrogens is 3. The zero-order valence-electron chi connectivity index (χ0n) is 22.2. The summed E-state index contributed by atoms with van der Waals surface area (Å²) in [6.45, 7) is 3.99. The summed E-state index contributed by atoms with van der Waals surface area (Å²) < 4.78 is 39.2. The van der Waals surface area contributed by atoms with E-state index < -0.39 is 11.7 Å². The van der Waals surface area contributed by atoms with E-state index in [1.807, 2.05) is 14.0 Å². The van der Waals surface area contributed by atoms with Gasteiger partial charge in [-0.15, -0.1) is 0 Å². The molecule has 4 aromatic rings. The number of anilines is 1. The summed E-state index contributed by atoms with van der Waals surface area (Å²) in [7, 11) is 5.13. The lowest BCUT2D eigenvalue weighted by atomic mass is 10.2. The third-order valence-corrected chi connectivity index (χ3v) is 6.58. The number of halogens is 1. The van der Waals surface area contributed by atoms with Crippen LogP contribution in [0.4, 0.5) is 10.1 Å². The second-order valence-electron chi connectivity index (χ2n) is 9.19. The second-order valence-corrected chi connectivity index (χ2v) is 9.19. The number of nitrogens with one attached hydrogen (secondary N) is 1. The van der Waals surface area contributed by atoms with Crippen LogP contribution in [-0.4, -0.2) is 66.5 Å². The molecular formula is C28H30FN5O5. The summed E-state index contributed by atoms with van der Waals surface area (Å²) in [5.74, 6) is 0.903. The predicted molar refractivity (Wildman–Crippen MR) is 144 cm³/mol. The van der Waals surface area contributed by atoms with Gasteiger partial charge in [-0.05, 0) is 51.2 Å². The van der Waals surface area contributed by atoms with Crippen LogP contribution in [0.1, 0.15) is 29.9 Å². The van der Waals surface area contributed by atoms with Gasteiger partial charge in [-0.2, -0.15) is 5.10 Å². The summed E-state index contributed by atoms with van der Waals surface area (Å²) in [6.07, 6.45) is 4.25. The Hall–Kier alpha value is -4.38. The molecule has 204 valence electrons. The number of carbonyl (C=O) groups excluding carboxylic acids is 1. The van der Waals surface area contributed by atoms with Crippen molar-refractivity contribution >= 4 is 22.5 Å². The smallest absolute Gasteiger partial charge is 0.280 e. The summed E-state index contributed by atoms with van der Waals surface area (Å²) in [5, 5.41) is 7.76. The largest absolute Gasteiger partial charge is 0.493 e. The van der Waals surface area contributed by atoms with Crippen LogP contribution in [0.5, 0.6) is 28.7 Å². The van der Waals surface area contributed by atoms with Crippen LogP contribution in [0.25, 0.3) is 10.9 Å². The van der Waals surface area contributed by atoms with E-state index in [0.29, 0.717) is 40.5 Å². The number of fused-ring (bicyclic) bond motifs is 1. The molecule has 0 radical (unpaired) electrons. The van der Waals surface area contributed by atoms with Crippen LogP contribution < -0.4 is 24.3 Å². The molecule has 1 fully saturated rings. The first-order valence-corrected chi connectivity index (χ1v) is 12.6. The van der Waals surface area contributed by atoms with Gasteiger partial charge in [0.1, 0.15) is 17.3 Å². The second kappa shape index (κ2) is 11.2. The zero-order valence-corrected chi connectivity index (χ0v) is 22.2. The number of pyridine rings is 1. The van der Waals surface area contributed by atoms with Gasteiger partial charge < -0.3 is 29.2 Å². The van der Waals surface area contributed by atoms with Crippen molar-refractivity contribution in [2.45, 2.75) is 19.4 Å². The molecule has 1 aliphatic heterocycles. The Bertz CT molecular complexity index is 1510. The minimum Gasteiger partial charge on any atom is -0.493 e. The fourth-order valence-corrected chi connectivity index (χ4v) is 4.61. The quantitative estimate of drug-likeness (QED) is 0.323. The molecular weight excluding hydrogens is 505 g/mol. The molecule has 0 saturated carbocycles. The van der Waals surface area contributed by atoms with Crippen molar-refractivity contribution in [1.29, 1.82) is 0 Å². The van der Waals surface area contributed by atoms with Gasteiger partial charge in [-0.3, -0.25) is 14.5 Å². The molecule has 39 heavy (non-hydrogen) atoms. The van der Waals surface area contributed by atoms with E-state index in [4.69, 9.17) is 18.9 Å². The third-order valence-electron chi connectivity index (χ3n) is 6.58. The molecule has 1 saturated heterocycles. The van der Waals surface area contributed by atoms with Crippen molar-refractivity contribution in [2.75, 3.05) is 46.3 Å². The van der Waals surface area contributed by atoms with Gasteiger partial charge in [0.25, 0.3) is 5.91 Å². The van der Waals surface area contributed by atoms with E-state index in [2.05, 4.69) is 20.3 Å². The molecule has 5 rings (SSSR count). The van der Waals surface area contributed by atoms with E-state index in [0.717, 1.165) is 19.5 Å². The fourth-order valence-electron chi connectivity index (χ4n) is 4.61. The van der Waals surface area contributed by atoms with Crippen molar-refractivity contribution in [3.05, 3.63) is 60.3 Å². The van der Waals surface area contributed by atoms with Crippen LogP contribution in [0.15, 0.2) is 48.8 Å². The number of hydrogen-bond donors (Lipinski definition) is 1. The third kappa shape index (κ3) is 5.44. The van der Waals surface area contributed by atoms with Crippen LogP contribution in [-0.2, 0) is 0 Å². The van der Waals surface area contributed by atoms with Gasteiger partial charge in [-0.1, -0.05) is 0 Å². The van der Waals surface area contributed by atoms with Gasteiger partial charge in [0.15, 0.2) is 22.9 Å². The Kier molecular flexibility index (Phi) is 7.51. The number of nitrogens with zero attached hydrogens (tertiary/aromatic N) is 4. The van der Waals surface area contributed by atoms with E-state index in [1.165, 1.54) is 19.2 Å². The molecule has 1 atom stereocenters. The lowest BCUT2D eigenvalue weighted by Gasteiger charge is -2.13. The normalized spacial score (nSPS) is 15.4. The molecule has 2 aromatic heterocycles. The molecule has 3 heterocycles. The van der Waals surface area contributed by atoms with Crippen LogP contribution in [0.2, 0.25) is 0 Å². The summed E-state index contributed by atoms with van der Waals surface area (Å²) in [4.78, 5) is 19.6. The average Bonchev–Trinajstić information content (AvgIpc) is 3.56. The molecule has 2 aromatic carbocycles. The van der Waals surface area contributed by atoms with E-state index in [9.17, 15) is 4.79 Å². The summed E-state index contributed by atoms with van der Waals surface area (Å²) in [5.41, 5.74) is 0.734. The standard InChI is InChI=1S/C28H30FN5O5/c1-5-38-26-16-34(17-9-11-33(2)15-17)32-27(26)28(35)31-21-7-6-18(12-20(21)29)39-23-8-10-30-22-14-25(37-4)24(36-3)13-19(22)23/h6-8,10,12-14,16-17H,5,9,11,15H2,1-4H3,(H,31,35). The molecule has 11 heteroatoms. The summed E-state index contributed by atoms with van der Waals surface area (Å²) in [6, 6.07) is 9.54. The fraction of sp³-hybridized carbons (Fsp3) is 0.321. The Morgan fingerprint density at radius 3 is 2.59 bits per heavy atom. The van der Waals surface area contributed by atoms with Crippen molar-refractivity contribution in [1.82, 2.24) is 19.7 Å². The average molecular weight is 536 g/mol. The number of rotatable bonds is 9. The molecule has 1 amide bonds. The van der Waals surface area contributed by atoms with E-state index in [-0.39, 0.29) is 23.2 Å². The highest BCUT2D eigenvalue weighted by Crippen LogP contribution is 2.37. The first kappa shape index (κ1) is 26.2. The number of hydrogen-bond acceptors (Lipinski definition) is 8. The van der Waals surface area contributed by atoms with Gasteiger partial charge in [0.05, 0.1) is 44.3 Å². The molecule has 1 N–H and O–H groups in total. The first-order valence-electron chi connectivity index (χ1n) is 12.6. The van der Waals surface area contributed by atoms with Crippen LogP contribution in [0.3, 0.4) is 0 Å². The Labute approximate surface area is 225 Å². The summed E-state index contributed by atoms with van der Waals surface area (Å²) >= 11 is 0. The molecule has 1 aliphatic rings. The SMILES string of the molecule is CCOc1cn(C2CCN(C)C2)nc1C(=O)Nc1ccc(Oc2ccnc3cc(OC)c(OC)cc23)cc1F. The van der Waals surface area contributed by atoms with E-state index in [1.54, 1.807) is 48.5 Å². The van der Waals surface area contributed by atoms with Crippen molar-refractivity contribution in [3.63, 3.8) is 0 Å². The number of amides is 1. The minimum absolute atomic E-state index is 0.00376. The maximum atomic E-state index is 15.1. The molecule has 10 nitrogen and oxygen atoms in total. The van der Waals surface area contributed by atoms with Gasteiger partial charge in [-0.25, -0.2) is 4.39 Å². The van der Waals surface area contributed by atoms with Crippen LogP contribution >= 0.6 is 0 Å². The van der Waals surface area contributed by atoms with Crippen molar-refractivity contribution in [2.24, 2.45) is 0 Å². The minimum atomic E-state index is -0.659. The number of ether oxygens (including phenoxy) is 4. The molecule has 0 aliphatic carbocycles. The number of benzene rings is 2. The number of likely N-dealkylation sites (N-methyl/N-ethyl adjacent to an activating group) is 1. The predicted octanol–water partition coefficient (Wildman–Crippen LogP) is 4.91. The highest BCUT2D eigenvalue weighted by Gasteiger charge is 2.26. The number of methoxy groups -OCH3 is 2. The number of carbonyl (C=O) groups is 1. The van der Waals surface area contributed by atoms with Gasteiger partial charge >= 0.3 is 0 Å². The Morgan fingerprint density at radius 2 is 1.90 bits per heavy atom. The molecule has 0 bridgehead atoms. The monoisotopic (exact) mass is 535 g/mol. The topological polar surface area (TPSA) is 100.0 Å². The van der Waals surface area contributed by atoms with E-state index >= 15 is 4.39 Å². The first-order chi connectivity index (χ1) is 18.9. The highest BCUT2D eigenvalue weighted by molar-refractivity contribution is 6.04. The zero-order chi connectivity index (χ0) is 27.5. The molecule has 0 spiro atoms. The number of likely N-dealkylation sites (tertiary alicyclic amines) is 1. The highest BCUT2D eigenvalue weighted by atomic mass is 19.1. The maximum Gasteiger partial charge on any atom is 0.280 e. The van der Waals surface area contributed by atoms with Gasteiger partial charge in [0, 0.05) is 30.3 Å². The Balaban J connectivity index is 1.35. The van der Waals surface area contributed by atoms with Gasteiger partial charge in [0.2, 0.25) is 0 Å². The molecule has 1 unspecified atom stereocenters. The lowest BCUT2D eigenvalue weighted by molar-refractivity contribution is 0.101. The van der Waals surface area contributed by atoms with Crippen LogP contribution in [0, 0.1) is 5.82 Å².